The molecule has 0 N–H and O–H groups in total. The number of hydrogen-bond acceptors (Lipinski definition) is 4. The summed E-state index contributed by atoms with van der Waals surface area (Å²) in [6, 6.07) is 9.59. The molecular formula is C13H12N2O3Se. The van der Waals surface area contributed by atoms with E-state index in [1.807, 2.05) is 34.9 Å². The Morgan fingerprint density at radius 1 is 1.42 bits per heavy atom. The van der Waals surface area contributed by atoms with Gasteiger partial charge in [-0.1, -0.05) is 0 Å². The fourth-order valence-electron chi connectivity index (χ4n) is 1.53. The van der Waals surface area contributed by atoms with Crippen molar-refractivity contribution in [1.82, 2.24) is 9.55 Å². The summed E-state index contributed by atoms with van der Waals surface area (Å²) in [6.45, 7) is 0. The Morgan fingerprint density at radius 3 is 2.79 bits per heavy atom. The van der Waals surface area contributed by atoms with Crippen LogP contribution < -0.4 is 4.59 Å². The van der Waals surface area contributed by atoms with E-state index in [4.69, 9.17) is 0 Å². The summed E-state index contributed by atoms with van der Waals surface area (Å²) in [6.07, 6.45) is 2.32. The third-order valence-electron chi connectivity index (χ3n) is 2.45. The Bertz CT molecular complexity index is 581. The van der Waals surface area contributed by atoms with Crippen LogP contribution in [-0.2, 0) is 9.53 Å². The average Bonchev–Trinajstić information content (AvgIpc) is 2.88. The summed E-state index contributed by atoms with van der Waals surface area (Å²) >= 11 is -0.199. The van der Waals surface area contributed by atoms with Gasteiger partial charge in [0.2, 0.25) is 0 Å². The van der Waals surface area contributed by atoms with Crippen LogP contribution in [0.4, 0.5) is 0 Å². The molecule has 0 fully saturated rings. The molecule has 1 aromatic heterocycles. The standard InChI is InChI=1S/C13H12N2O3Se/c1-18-12(17)8-19-13-11(7-16)14-9-15(13)10-5-3-2-4-6-10/h2-7,9H,8H2,1H3. The topological polar surface area (TPSA) is 61.2 Å². The molecule has 0 aliphatic carbocycles. The number of carbonyl (C=O) groups excluding carboxylic acids is 2. The zero-order chi connectivity index (χ0) is 13.7. The number of carbonyl (C=O) groups is 2. The molecule has 0 spiro atoms. The number of rotatable bonds is 5. The number of nitrogens with zero attached hydrogens (tertiary/aromatic N) is 2. The molecule has 0 aliphatic rings. The maximum atomic E-state index is 11.2. The molecule has 0 saturated carbocycles. The van der Waals surface area contributed by atoms with E-state index in [0.29, 0.717) is 12.0 Å². The van der Waals surface area contributed by atoms with Crippen molar-refractivity contribution in [3.63, 3.8) is 0 Å². The normalized spacial score (nSPS) is 10.2. The van der Waals surface area contributed by atoms with Gasteiger partial charge in [-0.3, -0.25) is 0 Å². The van der Waals surface area contributed by atoms with Gasteiger partial charge >= 0.3 is 116 Å². The third-order valence-corrected chi connectivity index (χ3v) is 4.67. The fourth-order valence-corrected chi connectivity index (χ4v) is 3.45. The van der Waals surface area contributed by atoms with Crippen LogP contribution in [0.25, 0.3) is 5.69 Å². The van der Waals surface area contributed by atoms with E-state index in [0.717, 1.165) is 10.3 Å². The first-order chi connectivity index (χ1) is 9.26. The van der Waals surface area contributed by atoms with Crippen molar-refractivity contribution < 1.29 is 14.3 Å². The molecule has 5 nitrogen and oxygen atoms in total. The van der Waals surface area contributed by atoms with E-state index in [1.54, 1.807) is 6.33 Å². The molecular weight excluding hydrogens is 311 g/mol. The molecule has 2 aromatic rings. The number of benzene rings is 1. The molecule has 1 aromatic carbocycles. The zero-order valence-electron chi connectivity index (χ0n) is 10.3. The van der Waals surface area contributed by atoms with Gasteiger partial charge in [-0.05, 0) is 0 Å². The molecule has 19 heavy (non-hydrogen) atoms. The monoisotopic (exact) mass is 324 g/mol. The quantitative estimate of drug-likeness (QED) is 0.459. The van der Waals surface area contributed by atoms with E-state index >= 15 is 0 Å². The number of aromatic nitrogens is 2. The average molecular weight is 323 g/mol. The van der Waals surface area contributed by atoms with Crippen molar-refractivity contribution in [3.05, 3.63) is 42.4 Å². The second-order valence-corrected chi connectivity index (χ2v) is 5.65. The van der Waals surface area contributed by atoms with E-state index in [9.17, 15) is 9.59 Å². The first kappa shape index (κ1) is 13.5. The molecule has 0 amide bonds. The molecule has 2 rings (SSSR count). The molecule has 0 bridgehead atoms. The fraction of sp³-hybridized carbons (Fsp3) is 0.154. The number of imidazole rings is 1. The molecule has 0 aliphatic heterocycles. The number of esters is 1. The number of ether oxygens (including phenoxy) is 1. The van der Waals surface area contributed by atoms with Gasteiger partial charge in [-0.15, -0.1) is 0 Å². The Morgan fingerprint density at radius 2 is 2.16 bits per heavy atom. The van der Waals surface area contributed by atoms with E-state index in [1.165, 1.54) is 7.11 Å². The van der Waals surface area contributed by atoms with Crippen molar-refractivity contribution >= 4 is 31.8 Å². The molecule has 1 heterocycles. The van der Waals surface area contributed by atoms with Gasteiger partial charge in [0.05, 0.1) is 0 Å². The van der Waals surface area contributed by atoms with Gasteiger partial charge in [-0.25, -0.2) is 0 Å². The van der Waals surface area contributed by atoms with Crippen LogP contribution in [0.15, 0.2) is 36.7 Å². The third kappa shape index (κ3) is 3.10. The summed E-state index contributed by atoms with van der Waals surface area (Å²) in [5.41, 5.74) is 1.30. The predicted octanol–water partition coefficient (Wildman–Crippen LogP) is 0.606. The SMILES string of the molecule is COC(=O)C[Se]c1c(C=O)ncn1-c1ccccc1. The summed E-state index contributed by atoms with van der Waals surface area (Å²) in [7, 11) is 1.35. The van der Waals surface area contributed by atoms with Crippen LogP contribution in [0, 0.1) is 0 Å². The Kier molecular flexibility index (Phi) is 4.49. The maximum absolute atomic E-state index is 11.2. The first-order valence-electron chi connectivity index (χ1n) is 5.54. The molecule has 6 heteroatoms. The Hall–Kier alpha value is -1.91. The van der Waals surface area contributed by atoms with Gasteiger partial charge in [0.25, 0.3) is 0 Å². The molecule has 0 radical (unpaired) electrons. The summed E-state index contributed by atoms with van der Waals surface area (Å²) in [5.74, 6) is -0.280. The van der Waals surface area contributed by atoms with Crippen molar-refractivity contribution in [2.75, 3.05) is 7.11 Å². The van der Waals surface area contributed by atoms with Gasteiger partial charge in [0.15, 0.2) is 0 Å². The van der Waals surface area contributed by atoms with Gasteiger partial charge in [0.1, 0.15) is 0 Å². The van der Waals surface area contributed by atoms with Crippen LogP contribution in [0.5, 0.6) is 0 Å². The molecule has 0 atom stereocenters. The minimum absolute atomic E-state index is 0.199. The number of hydrogen-bond donors (Lipinski definition) is 0. The van der Waals surface area contributed by atoms with Crippen LogP contribution in [0.3, 0.4) is 0 Å². The number of aldehydes is 1. The van der Waals surface area contributed by atoms with Crippen LogP contribution in [0.2, 0.25) is 5.32 Å². The van der Waals surface area contributed by atoms with Crippen molar-refractivity contribution in [3.8, 4) is 5.69 Å². The van der Waals surface area contributed by atoms with Crippen LogP contribution in [0.1, 0.15) is 10.5 Å². The van der Waals surface area contributed by atoms with Crippen molar-refractivity contribution in [2.24, 2.45) is 0 Å². The predicted molar refractivity (Wildman–Crippen MR) is 71.2 cm³/mol. The number of methoxy groups -OCH3 is 1. The number of para-hydroxylation sites is 1. The van der Waals surface area contributed by atoms with Crippen molar-refractivity contribution in [1.29, 1.82) is 0 Å². The van der Waals surface area contributed by atoms with Gasteiger partial charge in [0, 0.05) is 0 Å². The van der Waals surface area contributed by atoms with E-state index < -0.39 is 0 Å². The van der Waals surface area contributed by atoms with Crippen LogP contribution in [-0.4, -0.2) is 43.9 Å². The second kappa shape index (κ2) is 6.31. The zero-order valence-corrected chi connectivity index (χ0v) is 12.0. The van der Waals surface area contributed by atoms with E-state index in [-0.39, 0.29) is 26.2 Å². The van der Waals surface area contributed by atoms with Gasteiger partial charge in [-0.2, -0.15) is 0 Å². The first-order valence-corrected chi connectivity index (χ1v) is 7.60. The minimum atomic E-state index is -0.280. The summed E-state index contributed by atoms with van der Waals surface area (Å²) in [4.78, 5) is 26.3. The summed E-state index contributed by atoms with van der Waals surface area (Å²) in [5, 5.41) is 0.281. The Balaban J connectivity index is 2.32. The second-order valence-electron chi connectivity index (χ2n) is 3.62. The molecule has 98 valence electrons. The molecule has 0 unspecified atom stereocenters. The van der Waals surface area contributed by atoms with Crippen LogP contribution >= 0.6 is 0 Å². The summed E-state index contributed by atoms with van der Waals surface area (Å²) < 4.78 is 7.24. The van der Waals surface area contributed by atoms with Crippen molar-refractivity contribution in [2.45, 2.75) is 5.32 Å². The Labute approximate surface area is 116 Å². The molecule has 0 saturated heterocycles. The van der Waals surface area contributed by atoms with E-state index in [2.05, 4.69) is 9.72 Å². The van der Waals surface area contributed by atoms with Gasteiger partial charge < -0.3 is 0 Å².